The number of aliphatic imine (C=N–C) groups is 1. The number of hydrogen-bond donors (Lipinski definition) is 2. The topological polar surface area (TPSA) is 103 Å². The maximum atomic E-state index is 12.6. The van der Waals surface area contributed by atoms with Crippen LogP contribution in [0.15, 0.2) is 64.1 Å². The summed E-state index contributed by atoms with van der Waals surface area (Å²) in [5, 5.41) is 4.17. The molecule has 3 aromatic carbocycles. The lowest BCUT2D eigenvalue weighted by Crippen LogP contribution is -2.12. The molecule has 3 rings (SSSR count). The minimum absolute atomic E-state index is 0.0800. The van der Waals surface area contributed by atoms with Gasteiger partial charge in [-0.2, -0.15) is 0 Å². The third-order valence-corrected chi connectivity index (χ3v) is 7.66. The van der Waals surface area contributed by atoms with Crippen molar-refractivity contribution in [2.75, 3.05) is 30.8 Å². The SMILES string of the molecule is CCCCCCN=Cc1cc(C(=O)OCCCCOC(=O)Cc2ccccc2Nc2c(Cl)cccc2Cl)cc(Br)c1N. The number of ether oxygens (including phenoxy) is 2. The molecule has 0 amide bonds. The van der Waals surface area contributed by atoms with Crippen LogP contribution in [0.1, 0.15) is 66.9 Å². The van der Waals surface area contributed by atoms with Crippen LogP contribution in [0.5, 0.6) is 0 Å². The Kier molecular flexibility index (Phi) is 14.2. The third kappa shape index (κ3) is 10.6. The minimum Gasteiger partial charge on any atom is -0.465 e. The summed E-state index contributed by atoms with van der Waals surface area (Å²) >= 11 is 16.0. The lowest BCUT2D eigenvalue weighted by atomic mass is 10.1. The van der Waals surface area contributed by atoms with Crippen molar-refractivity contribution in [3.05, 3.63) is 85.8 Å². The van der Waals surface area contributed by atoms with Crippen LogP contribution >= 0.6 is 39.1 Å². The molecule has 7 nitrogen and oxygen atoms in total. The summed E-state index contributed by atoms with van der Waals surface area (Å²) in [6, 6.07) is 16.0. The summed E-state index contributed by atoms with van der Waals surface area (Å²) in [6.07, 6.45) is 7.42. The number of benzene rings is 3. The molecule has 0 fully saturated rings. The number of unbranched alkanes of at least 4 members (excludes halogenated alkanes) is 4. The van der Waals surface area contributed by atoms with Crippen LogP contribution < -0.4 is 11.1 Å². The van der Waals surface area contributed by atoms with Gasteiger partial charge in [0.2, 0.25) is 0 Å². The predicted molar refractivity (Wildman–Crippen MR) is 176 cm³/mol. The summed E-state index contributed by atoms with van der Waals surface area (Å²) in [5.41, 5.74) is 9.78. The Bertz CT molecular complexity index is 1360. The van der Waals surface area contributed by atoms with Gasteiger partial charge in [-0.25, -0.2) is 4.79 Å². The van der Waals surface area contributed by atoms with E-state index in [1.165, 1.54) is 12.8 Å². The molecule has 0 aliphatic carbocycles. The van der Waals surface area contributed by atoms with E-state index in [2.05, 4.69) is 33.2 Å². The molecule has 0 atom stereocenters. The van der Waals surface area contributed by atoms with Crippen LogP contribution in [0.3, 0.4) is 0 Å². The molecule has 224 valence electrons. The Hall–Kier alpha value is -3.07. The van der Waals surface area contributed by atoms with Gasteiger partial charge < -0.3 is 20.5 Å². The largest absolute Gasteiger partial charge is 0.465 e. The van der Waals surface area contributed by atoms with Crippen molar-refractivity contribution in [1.29, 1.82) is 0 Å². The Balaban J connectivity index is 1.41. The molecule has 0 aliphatic heterocycles. The molecule has 3 aromatic rings. The van der Waals surface area contributed by atoms with Crippen molar-refractivity contribution in [2.45, 2.75) is 51.9 Å². The molecular weight excluding hydrogens is 641 g/mol. The predicted octanol–water partition coefficient (Wildman–Crippen LogP) is 8.80. The van der Waals surface area contributed by atoms with E-state index >= 15 is 0 Å². The van der Waals surface area contributed by atoms with Crippen LogP contribution in [0.2, 0.25) is 10.0 Å². The van der Waals surface area contributed by atoms with Gasteiger partial charge >= 0.3 is 11.9 Å². The normalized spacial score (nSPS) is 11.0. The fourth-order valence-corrected chi connectivity index (χ4v) is 5.02. The quantitative estimate of drug-likeness (QED) is 0.0680. The first-order valence-corrected chi connectivity index (χ1v) is 15.6. The second-order valence-corrected chi connectivity index (χ2v) is 11.3. The van der Waals surface area contributed by atoms with E-state index in [9.17, 15) is 9.59 Å². The zero-order valence-corrected chi connectivity index (χ0v) is 26.7. The average Bonchev–Trinajstić information content (AvgIpc) is 2.97. The van der Waals surface area contributed by atoms with Crippen LogP contribution in [0.25, 0.3) is 0 Å². The number of para-hydroxylation sites is 2. The molecule has 3 N–H and O–H groups in total. The van der Waals surface area contributed by atoms with Crippen molar-refractivity contribution < 1.29 is 19.1 Å². The van der Waals surface area contributed by atoms with Crippen molar-refractivity contribution in [3.8, 4) is 0 Å². The van der Waals surface area contributed by atoms with E-state index in [4.69, 9.17) is 38.4 Å². The molecule has 0 bridgehead atoms. The second-order valence-electron chi connectivity index (χ2n) is 9.68. The number of halogens is 3. The highest BCUT2D eigenvalue weighted by Crippen LogP contribution is 2.33. The number of nitrogens with one attached hydrogen (secondary N) is 1. The molecule has 42 heavy (non-hydrogen) atoms. The van der Waals surface area contributed by atoms with Gasteiger partial charge in [0.25, 0.3) is 0 Å². The van der Waals surface area contributed by atoms with Gasteiger partial charge in [0.05, 0.1) is 46.6 Å². The fraction of sp³-hybridized carbons (Fsp3) is 0.344. The van der Waals surface area contributed by atoms with Gasteiger partial charge in [0.1, 0.15) is 0 Å². The molecule has 0 spiro atoms. The van der Waals surface area contributed by atoms with Gasteiger partial charge in [-0.3, -0.25) is 9.79 Å². The van der Waals surface area contributed by atoms with E-state index in [1.807, 2.05) is 24.3 Å². The maximum Gasteiger partial charge on any atom is 0.338 e. The molecular formula is C32H36BrCl2N3O4. The molecule has 0 radical (unpaired) electrons. The van der Waals surface area contributed by atoms with E-state index in [-0.39, 0.29) is 25.6 Å². The number of anilines is 3. The fourth-order valence-electron chi connectivity index (χ4n) is 4.05. The van der Waals surface area contributed by atoms with Gasteiger partial charge in [-0.1, -0.05) is 73.7 Å². The number of carbonyl (C=O) groups excluding carboxylic acids is 2. The van der Waals surface area contributed by atoms with Crippen LogP contribution in [0, 0.1) is 0 Å². The molecule has 0 saturated carbocycles. The average molecular weight is 677 g/mol. The molecule has 0 heterocycles. The number of nitrogens with zero attached hydrogens (tertiary/aromatic N) is 1. The second kappa shape index (κ2) is 17.8. The number of esters is 2. The van der Waals surface area contributed by atoms with Gasteiger partial charge in [0, 0.05) is 28.5 Å². The first-order valence-electron chi connectivity index (χ1n) is 14.0. The van der Waals surface area contributed by atoms with Crippen molar-refractivity contribution in [3.63, 3.8) is 0 Å². The van der Waals surface area contributed by atoms with Crippen molar-refractivity contribution in [2.24, 2.45) is 4.99 Å². The highest BCUT2D eigenvalue weighted by atomic mass is 79.9. The third-order valence-electron chi connectivity index (χ3n) is 6.38. The summed E-state index contributed by atoms with van der Waals surface area (Å²) < 4.78 is 11.4. The Morgan fingerprint density at radius 1 is 0.952 bits per heavy atom. The Labute approximate surface area is 265 Å². The van der Waals surface area contributed by atoms with Crippen molar-refractivity contribution in [1.82, 2.24) is 0 Å². The first kappa shape index (κ1) is 33.4. The van der Waals surface area contributed by atoms with E-state index in [1.54, 1.807) is 36.5 Å². The van der Waals surface area contributed by atoms with Gasteiger partial charge in [0.15, 0.2) is 0 Å². The molecule has 0 saturated heterocycles. The number of hydrogen-bond acceptors (Lipinski definition) is 7. The lowest BCUT2D eigenvalue weighted by molar-refractivity contribution is -0.143. The number of rotatable bonds is 16. The van der Waals surface area contributed by atoms with Crippen LogP contribution in [0.4, 0.5) is 17.1 Å². The molecule has 0 aliphatic rings. The number of carbonyl (C=O) groups is 2. The van der Waals surface area contributed by atoms with E-state index in [0.717, 1.165) is 24.9 Å². The lowest BCUT2D eigenvalue weighted by Gasteiger charge is -2.14. The van der Waals surface area contributed by atoms with Crippen molar-refractivity contribution >= 4 is 74.3 Å². The van der Waals surface area contributed by atoms with Crippen LogP contribution in [-0.2, 0) is 20.7 Å². The monoisotopic (exact) mass is 675 g/mol. The molecule has 0 unspecified atom stereocenters. The zero-order chi connectivity index (χ0) is 30.3. The van der Waals surface area contributed by atoms with Gasteiger partial charge in [-0.05, 0) is 71.1 Å². The number of nitrogen functional groups attached to an aromatic ring is 1. The summed E-state index contributed by atoms with van der Waals surface area (Å²) in [5.74, 6) is -0.814. The summed E-state index contributed by atoms with van der Waals surface area (Å²) in [4.78, 5) is 29.6. The summed E-state index contributed by atoms with van der Waals surface area (Å²) in [7, 11) is 0. The highest BCUT2D eigenvalue weighted by molar-refractivity contribution is 9.10. The number of nitrogens with two attached hydrogens (primary N) is 1. The summed E-state index contributed by atoms with van der Waals surface area (Å²) in [6.45, 7) is 3.31. The maximum absolute atomic E-state index is 12.6. The Morgan fingerprint density at radius 3 is 2.40 bits per heavy atom. The first-order chi connectivity index (χ1) is 20.3. The standard InChI is InChI=1S/C32H36BrCl2N3O4/c1-2-3-4-7-15-37-21-24-18-23(19-25(33)30(24)36)32(40)42-17-9-8-16-41-29(39)20-22-11-5-6-14-28(22)38-31-26(34)12-10-13-27(31)35/h5-6,10-14,18-19,21,38H,2-4,7-9,15-17,20,36H2,1H3. The molecule has 0 aromatic heterocycles. The van der Waals surface area contributed by atoms with E-state index in [0.29, 0.717) is 55.5 Å². The van der Waals surface area contributed by atoms with Crippen LogP contribution in [-0.4, -0.2) is 37.9 Å². The van der Waals surface area contributed by atoms with Gasteiger partial charge in [-0.15, -0.1) is 0 Å². The minimum atomic E-state index is -0.451. The molecule has 10 heteroatoms. The Morgan fingerprint density at radius 2 is 1.67 bits per heavy atom. The highest BCUT2D eigenvalue weighted by Gasteiger charge is 2.14. The van der Waals surface area contributed by atoms with E-state index < -0.39 is 5.97 Å². The zero-order valence-electron chi connectivity index (χ0n) is 23.6. The smallest absolute Gasteiger partial charge is 0.338 e.